The van der Waals surface area contributed by atoms with Crippen LogP contribution in [-0.2, 0) is 9.84 Å². The van der Waals surface area contributed by atoms with Gasteiger partial charge in [0.2, 0.25) is 6.54 Å². The summed E-state index contributed by atoms with van der Waals surface area (Å²) in [4.78, 5) is 58.8. The van der Waals surface area contributed by atoms with Crippen molar-refractivity contribution in [2.75, 3.05) is 82.7 Å². The zero-order valence-corrected chi connectivity index (χ0v) is 85.7. The SMILES string of the molecule is C=CC#Cc1ccc(-c2c(C)c(C(=O)NN3CCCCC3)nn2-c2ccc(Cl)cc2Cl)cc1.Cc1c(C(=O)NN2CCCCC2)nn(-c2ccc(Cl)cc2Cl)c1-c1ccc(C#CCCN=[N+]=[N-])cc1.Cc1c(C(=O)NN2CCCCC2)nn(-c2ccc(Cl)cc2Cl)c1-c1ccc(C#CCCSC#N)cc1.[C-]#[N+]CCC#Cc1ccc(-c2c(C)c(C(=O)NN3CCS(=O)(=O)CC3)nn2-c2ccc(Cl)cc2Cl)cc1. The first kappa shape index (κ1) is 107. The van der Waals surface area contributed by atoms with Crippen LogP contribution in [0.1, 0.15) is 164 Å². The number of nitrogens with zero attached hydrogens (tertiary/aromatic N) is 17. The van der Waals surface area contributed by atoms with E-state index < -0.39 is 15.7 Å². The van der Waals surface area contributed by atoms with E-state index in [2.05, 4.69) is 95.6 Å². The first-order valence-electron chi connectivity index (χ1n) is 45.6. The molecule has 726 valence electrons. The molecule has 0 saturated carbocycles. The maximum atomic E-state index is 13.2. The molecule has 27 nitrogen and oxygen atoms in total. The average molecular weight is 2100 g/mol. The molecule has 12 aromatic rings. The first-order chi connectivity index (χ1) is 68.6. The highest BCUT2D eigenvalue weighted by molar-refractivity contribution is 8.03. The van der Waals surface area contributed by atoms with E-state index in [1.807, 2.05) is 138 Å². The minimum Gasteiger partial charge on any atom is -0.316 e. The van der Waals surface area contributed by atoms with Crippen molar-refractivity contribution in [2.24, 2.45) is 5.11 Å². The van der Waals surface area contributed by atoms with E-state index >= 15 is 0 Å². The minimum atomic E-state index is -3.08. The van der Waals surface area contributed by atoms with Gasteiger partial charge < -0.3 is 4.85 Å². The quantitative estimate of drug-likeness (QED) is 0.00988. The number of allylic oxidation sites excluding steroid dienone is 1. The number of aromatic nitrogens is 8. The highest BCUT2D eigenvalue weighted by atomic mass is 35.5. The lowest BCUT2D eigenvalue weighted by atomic mass is 10.0. The Labute approximate surface area is 869 Å². The molecule has 4 aliphatic rings. The summed E-state index contributed by atoms with van der Waals surface area (Å²) in [6, 6.07) is 51.4. The number of nitrogens with one attached hydrogen (secondary N) is 4. The maximum Gasteiger partial charge on any atom is 0.286 e. The van der Waals surface area contributed by atoms with Crippen molar-refractivity contribution in [1.82, 2.24) is 80.9 Å². The van der Waals surface area contributed by atoms with Gasteiger partial charge in [0.05, 0.1) is 83.5 Å². The fourth-order valence-electron chi connectivity index (χ4n) is 16.0. The summed E-state index contributed by atoms with van der Waals surface area (Å²) < 4.78 is 30.2. The highest BCUT2D eigenvalue weighted by Crippen LogP contribution is 2.39. The third kappa shape index (κ3) is 28.4. The van der Waals surface area contributed by atoms with Crippen LogP contribution in [0.25, 0.3) is 83.1 Å². The standard InChI is InChI=1S/C27H25Cl2N5OS.C26H25Cl2N7O.C26H23Cl2N5O3S.C26H24Cl2N4O/c1-19-25(27(35)32-33-14-4-2-5-15-33)31-34(24-13-12-22(28)17-23(24)29)26(19)21-10-8-20(9-11-21)7-3-6-16-36-18-30;1-18-24(26(36)32-34-15-5-2-6-16-34)31-35(23-13-12-21(27)17-22(23)28)25(18)20-10-8-19(9-11-20)7-3-4-14-30-33-29;1-18-24(26(34)31-32-13-15-37(35,36)16-14-32)30-33(23-11-10-21(27)17-22(23)28)25(18)20-8-6-19(7-9-20)5-3-4-12-29-2;1-3-4-8-19-9-11-20(12-10-19)25-18(2)24(26(33)30-31-15-6-5-7-16-31)29-32(25)23-14-13-21(27)17-22(23)28/h8-13,17H,2,4-6,14-16H2,1H3,(H,32,35);8-13,17H,2,4-6,14-16H2,1H3,(H,32,36);6-11,17H,4,12-16H2,1H3,(H,31,34);3,9-14,17H,1,5-7,15-16H2,2H3,(H,30,33). The summed E-state index contributed by atoms with van der Waals surface area (Å²) in [6.07, 6.45) is 13.1. The molecule has 0 radical (unpaired) electrons. The van der Waals surface area contributed by atoms with E-state index in [0.717, 1.165) is 156 Å². The van der Waals surface area contributed by atoms with Crippen molar-refractivity contribution >= 4 is 138 Å². The summed E-state index contributed by atoms with van der Waals surface area (Å²) in [5.41, 5.74) is 36.5. The molecule has 0 unspecified atom stereocenters. The Morgan fingerprint density at radius 2 is 0.711 bits per heavy atom. The molecule has 4 aromatic heterocycles. The van der Waals surface area contributed by atoms with Crippen LogP contribution in [-0.4, -0.2) is 174 Å². The second-order valence-electron chi connectivity index (χ2n) is 33.1. The van der Waals surface area contributed by atoms with E-state index in [1.165, 1.54) is 31.0 Å². The van der Waals surface area contributed by atoms with Crippen molar-refractivity contribution in [3.8, 4) is 121 Å². The number of rotatable bonds is 21. The lowest BCUT2D eigenvalue weighted by molar-refractivity contribution is 0.0736. The summed E-state index contributed by atoms with van der Waals surface area (Å²) >= 11 is 51.8. The molecular formula is C105H97Cl8N21O6S2. The molecule has 142 heavy (non-hydrogen) atoms. The van der Waals surface area contributed by atoms with Gasteiger partial charge in [0.15, 0.2) is 32.6 Å². The number of thiocyanates is 1. The summed E-state index contributed by atoms with van der Waals surface area (Å²) in [6.45, 7) is 24.1. The number of carbonyl (C=O) groups is 4. The van der Waals surface area contributed by atoms with Gasteiger partial charge in [0.25, 0.3) is 23.6 Å². The van der Waals surface area contributed by atoms with Gasteiger partial charge >= 0.3 is 0 Å². The van der Waals surface area contributed by atoms with Gasteiger partial charge in [0.1, 0.15) is 5.40 Å². The number of nitriles is 1. The number of hydrazine groups is 4. The fraction of sp³-hybridized carbons (Fsp3) is 0.276. The summed E-state index contributed by atoms with van der Waals surface area (Å²) in [5, 5.41) is 44.0. The first-order valence-corrected chi connectivity index (χ1v) is 51.4. The van der Waals surface area contributed by atoms with Gasteiger partial charge in [-0.15, -0.1) is 0 Å². The molecule has 4 N–H and O–H groups in total. The number of carbonyl (C=O) groups excluding carboxylic acids is 4. The van der Waals surface area contributed by atoms with Crippen LogP contribution in [0.3, 0.4) is 0 Å². The highest BCUT2D eigenvalue weighted by Gasteiger charge is 2.32. The number of hydrogen-bond acceptors (Lipinski definition) is 17. The van der Waals surface area contributed by atoms with Gasteiger partial charge in [-0.2, -0.15) is 25.7 Å². The van der Waals surface area contributed by atoms with E-state index in [4.69, 9.17) is 125 Å². The van der Waals surface area contributed by atoms with Gasteiger partial charge in [0, 0.05) is 169 Å². The monoisotopic (exact) mass is 2090 g/mol. The lowest BCUT2D eigenvalue weighted by Crippen LogP contribution is -2.50. The summed E-state index contributed by atoms with van der Waals surface area (Å²) in [5.74, 6) is 23.7. The minimum absolute atomic E-state index is 0.0144. The Morgan fingerprint density at radius 3 is 0.986 bits per heavy atom. The molecule has 8 aromatic carbocycles. The van der Waals surface area contributed by atoms with Crippen molar-refractivity contribution < 1.29 is 27.6 Å². The van der Waals surface area contributed by atoms with E-state index in [0.29, 0.717) is 129 Å². The normalized spacial score (nSPS) is 13.9. The van der Waals surface area contributed by atoms with Gasteiger partial charge in [-0.1, -0.05) is 220 Å². The number of piperidine rings is 3. The molecule has 4 amide bonds. The Balaban J connectivity index is 0.000000159. The number of halogens is 8. The predicted molar refractivity (Wildman–Crippen MR) is 567 cm³/mol. The molecule has 4 saturated heterocycles. The number of azide groups is 1. The average Bonchev–Trinajstić information content (AvgIpc) is 1.63. The third-order valence-corrected chi connectivity index (χ3v) is 27.4. The van der Waals surface area contributed by atoms with Crippen LogP contribution in [0.4, 0.5) is 0 Å². The molecule has 4 aliphatic heterocycles. The van der Waals surface area contributed by atoms with Crippen molar-refractivity contribution in [2.45, 2.75) is 105 Å². The lowest BCUT2D eigenvalue weighted by Gasteiger charge is -2.26. The second kappa shape index (κ2) is 51.8. The smallest absolute Gasteiger partial charge is 0.286 e. The molecule has 0 bridgehead atoms. The topological polar surface area (TPSA) is 312 Å². The number of hydrogen-bond donors (Lipinski definition) is 4. The van der Waals surface area contributed by atoms with E-state index in [9.17, 15) is 27.6 Å². The molecule has 16 rings (SSSR count). The van der Waals surface area contributed by atoms with Gasteiger partial charge in [-0.05, 0) is 211 Å². The van der Waals surface area contributed by atoms with Crippen LogP contribution in [0.2, 0.25) is 40.2 Å². The van der Waals surface area contributed by atoms with Crippen LogP contribution in [0.5, 0.6) is 0 Å². The zero-order valence-electron chi connectivity index (χ0n) is 78.0. The Morgan fingerprint density at radius 1 is 0.430 bits per heavy atom. The Hall–Kier alpha value is -12.8. The predicted octanol–water partition coefficient (Wildman–Crippen LogP) is 22.6. The largest absolute Gasteiger partial charge is 0.316 e. The molecule has 37 heteroatoms. The van der Waals surface area contributed by atoms with Crippen molar-refractivity contribution in [3.05, 3.63) is 312 Å². The van der Waals surface area contributed by atoms with E-state index in [-0.39, 0.29) is 48.0 Å². The van der Waals surface area contributed by atoms with Gasteiger partial charge in [-0.3, -0.25) is 40.9 Å². The van der Waals surface area contributed by atoms with Crippen molar-refractivity contribution in [1.29, 1.82) is 5.26 Å². The van der Waals surface area contributed by atoms with Crippen LogP contribution in [0.15, 0.2) is 188 Å². The number of amides is 4. The van der Waals surface area contributed by atoms with Crippen molar-refractivity contribution in [3.63, 3.8) is 0 Å². The molecule has 0 spiro atoms. The molecule has 0 atom stereocenters. The third-order valence-electron chi connectivity index (χ3n) is 23.1. The van der Waals surface area contributed by atoms with Crippen LogP contribution in [0, 0.1) is 92.3 Å². The van der Waals surface area contributed by atoms with E-state index in [1.54, 1.807) is 110 Å². The Bertz CT molecular complexity index is 7190. The number of sulfone groups is 1. The molecule has 4 fully saturated rings. The van der Waals surface area contributed by atoms with Crippen LogP contribution >= 0.6 is 105 Å². The van der Waals surface area contributed by atoms with Crippen LogP contribution < -0.4 is 21.7 Å². The number of thioether (sulfide) groups is 1. The Kier molecular flexibility index (Phi) is 38.8. The summed E-state index contributed by atoms with van der Waals surface area (Å²) in [7, 11) is -3.08. The number of benzene rings is 8. The fourth-order valence-corrected chi connectivity index (χ4v) is 19.5. The molecular weight excluding hydrogens is 2000 g/mol. The zero-order chi connectivity index (χ0) is 101. The molecule has 0 aliphatic carbocycles. The van der Waals surface area contributed by atoms with Gasteiger partial charge in [-0.25, -0.2) is 53.8 Å². The maximum absolute atomic E-state index is 13.2. The second-order valence-corrected chi connectivity index (χ2v) is 39.6. The molecule has 8 heterocycles.